The maximum atomic E-state index is 12.0. The number of carbonyl (C=O) groups excluding carboxylic acids is 1. The Hall–Kier alpha value is -2.79. The third-order valence-corrected chi connectivity index (χ3v) is 3.58. The first kappa shape index (κ1) is 19.3. The molecule has 0 bridgehead atoms. The predicted molar refractivity (Wildman–Crippen MR) is 96.2 cm³/mol. The van der Waals surface area contributed by atoms with Gasteiger partial charge in [0.05, 0.1) is 12.5 Å². The number of rotatable bonds is 7. The van der Waals surface area contributed by atoms with Gasteiger partial charge in [0.1, 0.15) is 11.6 Å². The van der Waals surface area contributed by atoms with Gasteiger partial charge in [-0.05, 0) is 57.0 Å². The lowest BCUT2D eigenvalue weighted by molar-refractivity contribution is -0.117. The minimum absolute atomic E-state index is 0.0176. The van der Waals surface area contributed by atoms with E-state index in [0.29, 0.717) is 13.0 Å². The Morgan fingerprint density at radius 3 is 2.58 bits per heavy atom. The van der Waals surface area contributed by atoms with Crippen LogP contribution in [0, 0.1) is 29.6 Å². The fraction of sp³-hybridized carbons (Fsp3) is 0.421. The van der Waals surface area contributed by atoms with Crippen molar-refractivity contribution in [2.45, 2.75) is 40.2 Å². The summed E-state index contributed by atoms with van der Waals surface area (Å²) in [5.41, 5.74) is 2.95. The van der Waals surface area contributed by atoms with E-state index in [-0.39, 0.29) is 17.5 Å². The van der Waals surface area contributed by atoms with Gasteiger partial charge >= 0.3 is 0 Å². The fourth-order valence-electron chi connectivity index (χ4n) is 2.32. The molecule has 1 aromatic carbocycles. The molecule has 1 aromatic rings. The zero-order valence-electron chi connectivity index (χ0n) is 14.8. The summed E-state index contributed by atoms with van der Waals surface area (Å²) in [5, 5.41) is 20.7. The minimum Gasteiger partial charge on any atom is -0.371 e. The van der Waals surface area contributed by atoms with E-state index in [1.54, 1.807) is 6.08 Å². The first-order chi connectivity index (χ1) is 11.4. The minimum atomic E-state index is -0.361. The Bertz CT molecular complexity index is 692. The monoisotopic (exact) mass is 324 g/mol. The van der Waals surface area contributed by atoms with Gasteiger partial charge in [-0.2, -0.15) is 10.5 Å². The third-order valence-electron chi connectivity index (χ3n) is 3.58. The lowest BCUT2D eigenvalue weighted by atomic mass is 10.0. The molecule has 0 unspecified atom stereocenters. The number of benzene rings is 1. The first-order valence-corrected chi connectivity index (χ1v) is 8.08. The SMILES string of the molecule is CCN(CCC#N)c1ccc(C=C(C#N)C(=O)NC(C)C)c(C)c1. The second kappa shape index (κ2) is 9.37. The number of aryl methyl sites for hydroxylation is 1. The Labute approximate surface area is 144 Å². The Morgan fingerprint density at radius 2 is 2.08 bits per heavy atom. The summed E-state index contributed by atoms with van der Waals surface area (Å²) in [5.74, 6) is -0.361. The average molecular weight is 324 g/mol. The van der Waals surface area contributed by atoms with Gasteiger partial charge in [0.2, 0.25) is 0 Å². The quantitative estimate of drug-likeness (QED) is 0.617. The van der Waals surface area contributed by atoms with Gasteiger partial charge in [0.25, 0.3) is 5.91 Å². The standard InChI is InChI=1S/C19H24N4O/c1-5-23(10-6-9-20)18-8-7-16(15(4)11-18)12-17(13-21)19(24)22-14(2)3/h7-8,11-12,14H,5-6,10H2,1-4H3,(H,22,24). The largest absolute Gasteiger partial charge is 0.371 e. The van der Waals surface area contributed by atoms with Crippen molar-refractivity contribution in [1.29, 1.82) is 10.5 Å². The molecule has 0 aliphatic rings. The summed E-state index contributed by atoms with van der Waals surface area (Å²) in [7, 11) is 0. The normalized spacial score (nSPS) is 10.9. The molecule has 0 aliphatic heterocycles. The van der Waals surface area contributed by atoms with Gasteiger partial charge in [0, 0.05) is 24.8 Å². The van der Waals surface area contributed by atoms with E-state index in [1.165, 1.54) is 0 Å². The van der Waals surface area contributed by atoms with E-state index < -0.39 is 0 Å². The van der Waals surface area contributed by atoms with E-state index in [2.05, 4.69) is 16.3 Å². The maximum absolute atomic E-state index is 12.0. The summed E-state index contributed by atoms with van der Waals surface area (Å²) < 4.78 is 0. The average Bonchev–Trinajstić information content (AvgIpc) is 2.54. The third kappa shape index (κ3) is 5.44. The van der Waals surface area contributed by atoms with Crippen LogP contribution in [-0.4, -0.2) is 25.0 Å². The van der Waals surface area contributed by atoms with E-state index in [1.807, 2.05) is 52.0 Å². The molecular formula is C19H24N4O. The molecule has 0 aromatic heterocycles. The van der Waals surface area contributed by atoms with Crippen LogP contribution in [0.5, 0.6) is 0 Å². The van der Waals surface area contributed by atoms with Gasteiger partial charge in [-0.1, -0.05) is 6.07 Å². The summed E-state index contributed by atoms with van der Waals surface area (Å²) in [6, 6.07) is 9.97. The number of anilines is 1. The van der Waals surface area contributed by atoms with Gasteiger partial charge in [-0.3, -0.25) is 4.79 Å². The van der Waals surface area contributed by atoms with Crippen LogP contribution in [0.3, 0.4) is 0 Å². The van der Waals surface area contributed by atoms with E-state index in [9.17, 15) is 10.1 Å². The molecule has 0 spiro atoms. The number of carbonyl (C=O) groups is 1. The van der Waals surface area contributed by atoms with Crippen molar-refractivity contribution in [3.8, 4) is 12.1 Å². The highest BCUT2D eigenvalue weighted by molar-refractivity contribution is 6.02. The number of nitriles is 2. The van der Waals surface area contributed by atoms with Crippen LogP contribution in [0.1, 0.15) is 38.3 Å². The van der Waals surface area contributed by atoms with Crippen molar-refractivity contribution in [3.63, 3.8) is 0 Å². The Morgan fingerprint density at radius 1 is 1.38 bits per heavy atom. The second-order valence-corrected chi connectivity index (χ2v) is 5.83. The van der Waals surface area contributed by atoms with Crippen molar-refractivity contribution in [1.82, 2.24) is 5.32 Å². The molecule has 0 fully saturated rings. The lowest BCUT2D eigenvalue weighted by Crippen LogP contribution is -2.30. The number of nitrogens with zero attached hydrogens (tertiary/aromatic N) is 3. The molecular weight excluding hydrogens is 300 g/mol. The van der Waals surface area contributed by atoms with E-state index >= 15 is 0 Å². The van der Waals surface area contributed by atoms with Crippen LogP contribution >= 0.6 is 0 Å². The van der Waals surface area contributed by atoms with Crippen LogP contribution < -0.4 is 10.2 Å². The highest BCUT2D eigenvalue weighted by atomic mass is 16.1. The summed E-state index contributed by atoms with van der Waals surface area (Å²) >= 11 is 0. The molecule has 5 nitrogen and oxygen atoms in total. The van der Waals surface area contributed by atoms with Crippen molar-refractivity contribution >= 4 is 17.7 Å². The molecule has 0 saturated carbocycles. The van der Waals surface area contributed by atoms with Gasteiger partial charge < -0.3 is 10.2 Å². The van der Waals surface area contributed by atoms with Crippen LogP contribution in [-0.2, 0) is 4.79 Å². The van der Waals surface area contributed by atoms with Crippen molar-refractivity contribution in [2.75, 3.05) is 18.0 Å². The van der Waals surface area contributed by atoms with E-state index in [0.717, 1.165) is 23.4 Å². The summed E-state index contributed by atoms with van der Waals surface area (Å²) in [6.45, 7) is 9.20. The molecule has 0 saturated heterocycles. The van der Waals surface area contributed by atoms with Crippen LogP contribution in [0.2, 0.25) is 0 Å². The smallest absolute Gasteiger partial charge is 0.262 e. The fourth-order valence-corrected chi connectivity index (χ4v) is 2.32. The van der Waals surface area contributed by atoms with Crippen molar-refractivity contribution in [3.05, 3.63) is 34.9 Å². The van der Waals surface area contributed by atoms with Crippen LogP contribution in [0.25, 0.3) is 6.08 Å². The number of nitrogens with one attached hydrogen (secondary N) is 1. The maximum Gasteiger partial charge on any atom is 0.262 e. The van der Waals surface area contributed by atoms with E-state index in [4.69, 9.17) is 5.26 Å². The molecule has 1 amide bonds. The summed E-state index contributed by atoms with van der Waals surface area (Å²) in [4.78, 5) is 14.1. The molecule has 126 valence electrons. The zero-order chi connectivity index (χ0) is 18.1. The zero-order valence-corrected chi connectivity index (χ0v) is 14.8. The van der Waals surface area contributed by atoms with Crippen molar-refractivity contribution < 1.29 is 4.79 Å². The topological polar surface area (TPSA) is 79.9 Å². The molecule has 5 heteroatoms. The second-order valence-electron chi connectivity index (χ2n) is 5.83. The van der Waals surface area contributed by atoms with Gasteiger partial charge in [-0.25, -0.2) is 0 Å². The van der Waals surface area contributed by atoms with Gasteiger partial charge in [0.15, 0.2) is 0 Å². The Kier molecular flexibility index (Phi) is 7.52. The molecule has 0 radical (unpaired) electrons. The first-order valence-electron chi connectivity index (χ1n) is 8.08. The number of hydrogen-bond donors (Lipinski definition) is 1. The van der Waals surface area contributed by atoms with Crippen LogP contribution in [0.4, 0.5) is 5.69 Å². The lowest BCUT2D eigenvalue weighted by Gasteiger charge is -2.22. The highest BCUT2D eigenvalue weighted by Crippen LogP contribution is 2.21. The summed E-state index contributed by atoms with van der Waals surface area (Å²) in [6.07, 6.45) is 2.09. The molecule has 1 rings (SSSR count). The highest BCUT2D eigenvalue weighted by Gasteiger charge is 2.11. The molecule has 0 heterocycles. The number of amides is 1. The Balaban J connectivity index is 3.06. The molecule has 0 atom stereocenters. The number of hydrogen-bond acceptors (Lipinski definition) is 4. The molecule has 1 N–H and O–H groups in total. The van der Waals surface area contributed by atoms with Gasteiger partial charge in [-0.15, -0.1) is 0 Å². The van der Waals surface area contributed by atoms with Crippen molar-refractivity contribution in [2.24, 2.45) is 0 Å². The molecule has 24 heavy (non-hydrogen) atoms. The van der Waals surface area contributed by atoms with Crippen LogP contribution in [0.15, 0.2) is 23.8 Å². The molecule has 0 aliphatic carbocycles. The predicted octanol–water partition coefficient (Wildman–Crippen LogP) is 3.17.